The zero-order valence-electron chi connectivity index (χ0n) is 10.5. The van der Waals surface area contributed by atoms with E-state index in [1.165, 1.54) is 11.8 Å². The van der Waals surface area contributed by atoms with E-state index in [9.17, 15) is 9.36 Å². The number of benzene rings is 1. The maximum absolute atomic E-state index is 12.5. The molecule has 1 saturated heterocycles. The van der Waals surface area contributed by atoms with Crippen molar-refractivity contribution in [2.45, 2.75) is 18.9 Å². The molecule has 1 aromatic carbocycles. The van der Waals surface area contributed by atoms with Crippen LogP contribution in [0.15, 0.2) is 30.3 Å². The Kier molecular flexibility index (Phi) is 4.50. The maximum Gasteiger partial charge on any atom is 0.412 e. The second-order valence-corrected chi connectivity index (χ2v) is 7.08. The average molecular weight is 304 g/mol. The molecular formula is C12H15ClNO4P. The van der Waals surface area contributed by atoms with Gasteiger partial charge in [0.2, 0.25) is 0 Å². The minimum Gasteiger partial charge on any atom is -0.468 e. The van der Waals surface area contributed by atoms with Crippen LogP contribution in [0.2, 0.25) is 0 Å². The number of nitrogens with zero attached hydrogens (tertiary/aromatic N) is 1. The second-order valence-electron chi connectivity index (χ2n) is 4.20. The lowest BCUT2D eigenvalue weighted by molar-refractivity contribution is -0.144. The molecule has 5 nitrogen and oxygen atoms in total. The quantitative estimate of drug-likeness (QED) is 0.632. The third kappa shape index (κ3) is 3.30. The molecule has 0 aromatic heterocycles. The first-order valence-corrected chi connectivity index (χ1v) is 8.42. The molecule has 7 heteroatoms. The van der Waals surface area contributed by atoms with Gasteiger partial charge in [0.1, 0.15) is 11.8 Å². The smallest absolute Gasteiger partial charge is 0.412 e. The minimum atomic E-state index is -3.58. The number of carbonyl (C=O) groups is 1. The molecule has 0 aliphatic carbocycles. The van der Waals surface area contributed by atoms with Gasteiger partial charge < -0.3 is 9.26 Å². The summed E-state index contributed by atoms with van der Waals surface area (Å²) in [7, 11) is 1.30. The molecule has 1 aromatic rings. The second kappa shape index (κ2) is 5.95. The maximum atomic E-state index is 12.5. The summed E-state index contributed by atoms with van der Waals surface area (Å²) in [5, 5.41) is 0. The van der Waals surface area contributed by atoms with Crippen LogP contribution < -0.4 is 4.52 Å². The normalized spacial score (nSPS) is 22.7. The first-order chi connectivity index (χ1) is 9.04. The van der Waals surface area contributed by atoms with Gasteiger partial charge in [0.25, 0.3) is 0 Å². The predicted molar refractivity (Wildman–Crippen MR) is 72.3 cm³/mol. The molecule has 0 saturated carbocycles. The van der Waals surface area contributed by atoms with Gasteiger partial charge in [-0.3, -0.25) is 4.79 Å². The Morgan fingerprint density at radius 2 is 2.11 bits per heavy atom. The molecule has 2 unspecified atom stereocenters. The molecule has 2 rings (SSSR count). The highest BCUT2D eigenvalue weighted by molar-refractivity contribution is 7.83. The molecule has 0 spiro atoms. The number of esters is 1. The largest absolute Gasteiger partial charge is 0.468 e. The van der Waals surface area contributed by atoms with Crippen LogP contribution in [0, 0.1) is 0 Å². The first kappa shape index (κ1) is 14.4. The number of rotatable bonds is 4. The molecule has 104 valence electrons. The summed E-state index contributed by atoms with van der Waals surface area (Å²) in [6.07, 6.45) is 1.30. The number of ether oxygens (including phenoxy) is 1. The van der Waals surface area contributed by atoms with E-state index in [0.29, 0.717) is 18.7 Å². The number of carbonyl (C=O) groups excluding carboxylic acids is 1. The Balaban J connectivity index is 2.15. The third-order valence-corrected chi connectivity index (χ3v) is 5.28. The van der Waals surface area contributed by atoms with E-state index in [4.69, 9.17) is 20.5 Å². The summed E-state index contributed by atoms with van der Waals surface area (Å²) in [4.78, 5) is 11.6. The lowest BCUT2D eigenvalue weighted by Gasteiger charge is -2.26. The van der Waals surface area contributed by atoms with Crippen molar-refractivity contribution < 1.29 is 18.6 Å². The van der Waals surface area contributed by atoms with Crippen molar-refractivity contribution in [1.82, 2.24) is 4.67 Å². The molecule has 1 aliphatic rings. The molecule has 2 atom stereocenters. The van der Waals surface area contributed by atoms with Crippen molar-refractivity contribution in [3.63, 3.8) is 0 Å². The van der Waals surface area contributed by atoms with Gasteiger partial charge in [-0.2, -0.15) is 4.67 Å². The van der Waals surface area contributed by atoms with E-state index in [0.717, 1.165) is 6.42 Å². The van der Waals surface area contributed by atoms with Crippen LogP contribution in [0.1, 0.15) is 12.8 Å². The van der Waals surface area contributed by atoms with Gasteiger partial charge in [0, 0.05) is 17.8 Å². The molecule has 0 amide bonds. The molecule has 0 N–H and O–H groups in total. The molecule has 0 bridgehead atoms. The molecule has 1 fully saturated rings. The van der Waals surface area contributed by atoms with Crippen molar-refractivity contribution in [1.29, 1.82) is 0 Å². The Labute approximate surface area is 116 Å². The predicted octanol–water partition coefficient (Wildman–Crippen LogP) is 3.05. The van der Waals surface area contributed by atoms with Crippen molar-refractivity contribution in [2.75, 3.05) is 13.7 Å². The van der Waals surface area contributed by atoms with E-state index in [1.807, 2.05) is 6.07 Å². The fourth-order valence-electron chi connectivity index (χ4n) is 2.08. The van der Waals surface area contributed by atoms with Gasteiger partial charge in [-0.1, -0.05) is 18.2 Å². The standard InChI is InChI=1S/C12H15ClNO4P/c1-17-12(15)11-8-5-9-14(11)19(13,16)18-10-6-3-2-4-7-10/h2-4,6-7,11H,5,8-9H2,1H3. The Morgan fingerprint density at radius 3 is 2.74 bits per heavy atom. The SMILES string of the molecule is COC(=O)C1CCCN1P(=O)(Cl)Oc1ccccc1. The van der Waals surface area contributed by atoms with Crippen LogP contribution in [-0.2, 0) is 14.1 Å². The minimum absolute atomic E-state index is 0.413. The molecular weight excluding hydrogens is 289 g/mol. The number of para-hydroxylation sites is 1. The van der Waals surface area contributed by atoms with Gasteiger partial charge in [-0.05, 0) is 25.0 Å². The van der Waals surface area contributed by atoms with E-state index >= 15 is 0 Å². The van der Waals surface area contributed by atoms with E-state index in [1.54, 1.807) is 24.3 Å². The first-order valence-electron chi connectivity index (χ1n) is 5.94. The fraction of sp³-hybridized carbons (Fsp3) is 0.417. The Hall–Kier alpha value is -1.03. The lowest BCUT2D eigenvalue weighted by Crippen LogP contribution is -2.34. The highest BCUT2D eigenvalue weighted by atomic mass is 35.7. The van der Waals surface area contributed by atoms with Crippen molar-refractivity contribution in [2.24, 2.45) is 0 Å². The summed E-state index contributed by atoms with van der Waals surface area (Å²) in [5.74, 6) is -0.0219. The van der Waals surface area contributed by atoms with Crippen LogP contribution >= 0.6 is 18.1 Å². The molecule has 0 radical (unpaired) electrons. The number of halogens is 1. The zero-order valence-corrected chi connectivity index (χ0v) is 12.1. The summed E-state index contributed by atoms with van der Waals surface area (Å²) in [5.41, 5.74) is 0. The van der Waals surface area contributed by atoms with Gasteiger partial charge in [-0.25, -0.2) is 4.57 Å². The van der Waals surface area contributed by atoms with E-state index in [2.05, 4.69) is 0 Å². The summed E-state index contributed by atoms with van der Waals surface area (Å²) in [6.45, 7) is -3.13. The zero-order chi connectivity index (χ0) is 13.9. The fourth-order valence-corrected chi connectivity index (χ4v) is 4.27. The van der Waals surface area contributed by atoms with E-state index in [-0.39, 0.29) is 0 Å². The summed E-state index contributed by atoms with van der Waals surface area (Å²) < 4.78 is 23.9. The van der Waals surface area contributed by atoms with Gasteiger partial charge in [0.15, 0.2) is 0 Å². The monoisotopic (exact) mass is 303 g/mol. The van der Waals surface area contributed by atoms with Crippen LogP contribution in [0.5, 0.6) is 5.75 Å². The summed E-state index contributed by atoms with van der Waals surface area (Å²) >= 11 is 6.02. The molecule has 1 aliphatic heterocycles. The van der Waals surface area contributed by atoms with Crippen LogP contribution in [0.25, 0.3) is 0 Å². The van der Waals surface area contributed by atoms with Gasteiger partial charge in [-0.15, -0.1) is 0 Å². The van der Waals surface area contributed by atoms with Crippen molar-refractivity contribution in [3.8, 4) is 5.75 Å². The summed E-state index contributed by atoms with van der Waals surface area (Å²) in [6, 6.07) is 8.06. The van der Waals surface area contributed by atoms with E-state index < -0.39 is 18.9 Å². The Bertz CT molecular complexity index is 496. The number of hydrogen-bond acceptors (Lipinski definition) is 4. The Morgan fingerprint density at radius 1 is 1.42 bits per heavy atom. The molecule has 1 heterocycles. The third-order valence-electron chi connectivity index (χ3n) is 2.97. The number of hydrogen-bond donors (Lipinski definition) is 0. The topological polar surface area (TPSA) is 55.8 Å². The van der Waals surface area contributed by atoms with Crippen LogP contribution in [-0.4, -0.2) is 30.3 Å². The van der Waals surface area contributed by atoms with Gasteiger partial charge >= 0.3 is 12.8 Å². The highest BCUT2D eigenvalue weighted by Crippen LogP contribution is 2.58. The highest BCUT2D eigenvalue weighted by Gasteiger charge is 2.43. The number of methoxy groups -OCH3 is 1. The van der Waals surface area contributed by atoms with Crippen LogP contribution in [0.4, 0.5) is 0 Å². The molecule has 19 heavy (non-hydrogen) atoms. The van der Waals surface area contributed by atoms with Gasteiger partial charge in [0.05, 0.1) is 7.11 Å². The van der Waals surface area contributed by atoms with Crippen molar-refractivity contribution in [3.05, 3.63) is 30.3 Å². The van der Waals surface area contributed by atoms with Crippen molar-refractivity contribution >= 4 is 24.1 Å². The van der Waals surface area contributed by atoms with Crippen LogP contribution in [0.3, 0.4) is 0 Å². The average Bonchev–Trinajstić information content (AvgIpc) is 2.88. The lowest BCUT2D eigenvalue weighted by atomic mass is 10.2.